The van der Waals surface area contributed by atoms with Gasteiger partial charge in [0.05, 0.1) is 6.04 Å². The van der Waals surface area contributed by atoms with E-state index in [1.54, 1.807) is 0 Å². The van der Waals surface area contributed by atoms with Gasteiger partial charge in [0.2, 0.25) is 0 Å². The van der Waals surface area contributed by atoms with E-state index in [2.05, 4.69) is 5.32 Å². The lowest BCUT2D eigenvalue weighted by atomic mass is 10.1. The van der Waals surface area contributed by atoms with Crippen LogP contribution in [0, 0.1) is 0 Å². The maximum Gasteiger partial charge on any atom is 0.322 e. The van der Waals surface area contributed by atoms with Crippen LogP contribution in [0.5, 0.6) is 11.5 Å². The van der Waals surface area contributed by atoms with Crippen LogP contribution < -0.4 is 10.1 Å². The van der Waals surface area contributed by atoms with E-state index in [0.717, 1.165) is 28.3 Å². The zero-order valence-electron chi connectivity index (χ0n) is 18.0. The van der Waals surface area contributed by atoms with Gasteiger partial charge in [0, 0.05) is 12.2 Å². The van der Waals surface area contributed by atoms with E-state index in [1.807, 2.05) is 127 Å². The predicted octanol–water partition coefficient (Wildman–Crippen LogP) is 7.27. The Morgan fingerprint density at radius 3 is 2.06 bits per heavy atom. The first-order valence-electron chi connectivity index (χ1n) is 10.7. The van der Waals surface area contributed by atoms with E-state index in [-0.39, 0.29) is 12.1 Å². The molecule has 4 aromatic rings. The van der Waals surface area contributed by atoms with Crippen molar-refractivity contribution in [1.29, 1.82) is 0 Å². The highest BCUT2D eigenvalue weighted by Gasteiger charge is 2.22. The second-order valence-corrected chi connectivity index (χ2v) is 7.57. The fraction of sp³-hybridized carbons (Fsp3) is 0.107. The molecule has 0 heterocycles. The monoisotopic (exact) mass is 422 g/mol. The van der Waals surface area contributed by atoms with E-state index in [4.69, 9.17) is 4.74 Å². The van der Waals surface area contributed by atoms with Gasteiger partial charge < -0.3 is 15.0 Å². The lowest BCUT2D eigenvalue weighted by Crippen LogP contribution is -2.36. The summed E-state index contributed by atoms with van der Waals surface area (Å²) in [6.45, 7) is 2.49. The van der Waals surface area contributed by atoms with Crippen molar-refractivity contribution in [2.24, 2.45) is 0 Å². The van der Waals surface area contributed by atoms with Gasteiger partial charge in [-0.3, -0.25) is 0 Å². The molecule has 0 aliphatic carbocycles. The van der Waals surface area contributed by atoms with Crippen LogP contribution in [-0.2, 0) is 6.54 Å². The van der Waals surface area contributed by atoms with Crippen molar-refractivity contribution in [3.05, 3.63) is 126 Å². The number of hydrogen-bond donors (Lipinski definition) is 1. The van der Waals surface area contributed by atoms with Gasteiger partial charge in [-0.25, -0.2) is 4.79 Å². The summed E-state index contributed by atoms with van der Waals surface area (Å²) in [6, 6.07) is 36.9. The molecule has 1 unspecified atom stereocenters. The minimum atomic E-state index is -0.151. The molecule has 0 saturated carbocycles. The molecule has 1 atom stereocenters. The van der Waals surface area contributed by atoms with Gasteiger partial charge in [0.1, 0.15) is 11.5 Å². The first-order valence-corrected chi connectivity index (χ1v) is 10.7. The topological polar surface area (TPSA) is 41.6 Å². The number of amides is 2. The van der Waals surface area contributed by atoms with Crippen LogP contribution in [-0.4, -0.2) is 10.9 Å². The second-order valence-electron chi connectivity index (χ2n) is 7.57. The quantitative estimate of drug-likeness (QED) is 0.340. The van der Waals surface area contributed by atoms with Crippen LogP contribution in [0.15, 0.2) is 115 Å². The van der Waals surface area contributed by atoms with Crippen molar-refractivity contribution in [2.75, 3.05) is 5.32 Å². The number of para-hydroxylation sites is 2. The normalized spacial score (nSPS) is 11.4. The molecule has 4 heteroatoms. The summed E-state index contributed by atoms with van der Waals surface area (Å²) in [5.74, 6) is 1.52. The maximum atomic E-state index is 13.3. The first-order chi connectivity index (χ1) is 15.7. The van der Waals surface area contributed by atoms with Gasteiger partial charge in [-0.05, 0) is 54.4 Å². The Labute approximate surface area is 189 Å². The first kappa shape index (κ1) is 21.2. The maximum absolute atomic E-state index is 13.3. The number of carbonyl (C=O) groups excluding carboxylic acids is 1. The van der Waals surface area contributed by atoms with Crippen LogP contribution in [0.25, 0.3) is 0 Å². The van der Waals surface area contributed by atoms with Crippen LogP contribution >= 0.6 is 0 Å². The van der Waals surface area contributed by atoms with Crippen LogP contribution in [0.2, 0.25) is 0 Å². The van der Waals surface area contributed by atoms with Crippen LogP contribution in [0.3, 0.4) is 0 Å². The van der Waals surface area contributed by atoms with Gasteiger partial charge in [-0.2, -0.15) is 0 Å². The average molecular weight is 423 g/mol. The van der Waals surface area contributed by atoms with Crippen molar-refractivity contribution in [1.82, 2.24) is 4.90 Å². The third kappa shape index (κ3) is 5.55. The molecular formula is C28H26N2O2. The van der Waals surface area contributed by atoms with Gasteiger partial charge in [0.15, 0.2) is 0 Å². The molecular weight excluding hydrogens is 396 g/mol. The Kier molecular flexibility index (Phi) is 6.83. The summed E-state index contributed by atoms with van der Waals surface area (Å²) in [7, 11) is 0. The third-order valence-electron chi connectivity index (χ3n) is 5.27. The summed E-state index contributed by atoms with van der Waals surface area (Å²) >= 11 is 0. The van der Waals surface area contributed by atoms with Crippen molar-refractivity contribution >= 4 is 11.7 Å². The predicted molar refractivity (Wildman–Crippen MR) is 129 cm³/mol. The zero-order chi connectivity index (χ0) is 22.2. The summed E-state index contributed by atoms with van der Waals surface area (Å²) < 4.78 is 5.98. The Bertz CT molecular complexity index is 1130. The van der Waals surface area contributed by atoms with E-state index in [1.165, 1.54) is 0 Å². The molecule has 4 nitrogen and oxygen atoms in total. The highest BCUT2D eigenvalue weighted by Crippen LogP contribution is 2.26. The number of urea groups is 1. The van der Waals surface area contributed by atoms with Crippen molar-refractivity contribution < 1.29 is 9.53 Å². The number of ether oxygens (including phenoxy) is 1. The second kappa shape index (κ2) is 10.3. The number of carbonyl (C=O) groups is 1. The van der Waals surface area contributed by atoms with E-state index in [9.17, 15) is 4.79 Å². The number of anilines is 1. The Hall–Kier alpha value is -4.05. The number of hydrogen-bond acceptors (Lipinski definition) is 2. The van der Waals surface area contributed by atoms with Gasteiger partial charge in [-0.1, -0.05) is 78.9 Å². The van der Waals surface area contributed by atoms with Crippen molar-refractivity contribution in [2.45, 2.75) is 19.5 Å². The number of rotatable bonds is 7. The molecule has 160 valence electrons. The van der Waals surface area contributed by atoms with Gasteiger partial charge in [0.25, 0.3) is 0 Å². The number of benzene rings is 4. The van der Waals surface area contributed by atoms with Crippen LogP contribution in [0.1, 0.15) is 24.1 Å². The molecule has 0 aliphatic heterocycles. The Morgan fingerprint density at radius 1 is 0.781 bits per heavy atom. The molecule has 0 aromatic heterocycles. The fourth-order valence-electron chi connectivity index (χ4n) is 3.54. The number of nitrogens with one attached hydrogen (secondary N) is 1. The van der Waals surface area contributed by atoms with E-state index >= 15 is 0 Å². The van der Waals surface area contributed by atoms with Crippen molar-refractivity contribution in [3.63, 3.8) is 0 Å². The molecule has 1 N–H and O–H groups in total. The molecule has 0 bridgehead atoms. The van der Waals surface area contributed by atoms with Gasteiger partial charge in [-0.15, -0.1) is 0 Å². The molecule has 4 aromatic carbocycles. The molecule has 0 saturated heterocycles. The molecule has 0 spiro atoms. The number of nitrogens with zero attached hydrogens (tertiary/aromatic N) is 1. The average Bonchev–Trinajstić information content (AvgIpc) is 2.84. The third-order valence-corrected chi connectivity index (χ3v) is 5.27. The van der Waals surface area contributed by atoms with Crippen LogP contribution in [0.4, 0.5) is 10.5 Å². The highest BCUT2D eigenvalue weighted by atomic mass is 16.5. The Balaban J connectivity index is 1.57. The zero-order valence-corrected chi connectivity index (χ0v) is 18.0. The van der Waals surface area contributed by atoms with E-state index < -0.39 is 0 Å². The minimum absolute atomic E-state index is 0.112. The molecule has 32 heavy (non-hydrogen) atoms. The Morgan fingerprint density at radius 2 is 1.38 bits per heavy atom. The van der Waals surface area contributed by atoms with Crippen molar-refractivity contribution in [3.8, 4) is 11.5 Å². The molecule has 0 aliphatic rings. The SMILES string of the molecule is CC(c1ccccc1)N(Cc1cccc(Oc2ccccc2)c1)C(=O)Nc1ccccc1. The van der Waals surface area contributed by atoms with Gasteiger partial charge >= 0.3 is 6.03 Å². The summed E-state index contributed by atoms with van der Waals surface area (Å²) in [5.41, 5.74) is 2.83. The molecule has 0 fully saturated rings. The minimum Gasteiger partial charge on any atom is -0.457 e. The highest BCUT2D eigenvalue weighted by molar-refractivity contribution is 5.89. The summed E-state index contributed by atoms with van der Waals surface area (Å²) in [5, 5.41) is 3.02. The lowest BCUT2D eigenvalue weighted by molar-refractivity contribution is 0.189. The molecule has 4 rings (SSSR count). The smallest absolute Gasteiger partial charge is 0.322 e. The van der Waals surface area contributed by atoms with E-state index in [0.29, 0.717) is 6.54 Å². The summed E-state index contributed by atoms with van der Waals surface area (Å²) in [4.78, 5) is 15.1. The fourth-order valence-corrected chi connectivity index (χ4v) is 3.54. The lowest BCUT2D eigenvalue weighted by Gasteiger charge is -2.30. The molecule has 2 amide bonds. The largest absolute Gasteiger partial charge is 0.457 e. The summed E-state index contributed by atoms with van der Waals surface area (Å²) in [6.07, 6.45) is 0. The molecule has 0 radical (unpaired) electrons. The standard InChI is InChI=1S/C28H26N2O2/c1-22(24-13-5-2-6-14-24)30(28(31)29-25-15-7-3-8-16-25)21-23-12-11-19-27(20-23)32-26-17-9-4-10-18-26/h2-20,22H,21H2,1H3,(H,29,31).